The van der Waals surface area contributed by atoms with Crippen molar-refractivity contribution in [2.24, 2.45) is 0 Å². The van der Waals surface area contributed by atoms with Gasteiger partial charge in [0.1, 0.15) is 11.7 Å². The van der Waals surface area contributed by atoms with E-state index < -0.39 is 12.0 Å². The van der Waals surface area contributed by atoms with Gasteiger partial charge >= 0.3 is 0 Å². The van der Waals surface area contributed by atoms with Gasteiger partial charge in [0.15, 0.2) is 17.3 Å². The van der Waals surface area contributed by atoms with Crippen LogP contribution in [-0.4, -0.2) is 59.7 Å². The Labute approximate surface area is 194 Å². The van der Waals surface area contributed by atoms with E-state index in [0.29, 0.717) is 27.7 Å². The summed E-state index contributed by atoms with van der Waals surface area (Å²) in [7, 11) is 0. The van der Waals surface area contributed by atoms with Crippen LogP contribution in [0.4, 0.5) is 5.82 Å². The van der Waals surface area contributed by atoms with Gasteiger partial charge < -0.3 is 14.8 Å². The molecule has 1 amide bonds. The quantitative estimate of drug-likeness (QED) is 0.414. The first-order valence-electron chi connectivity index (χ1n) is 10.1. The molecule has 0 saturated heterocycles. The lowest BCUT2D eigenvalue weighted by Crippen LogP contribution is -2.38. The van der Waals surface area contributed by atoms with E-state index in [9.17, 15) is 4.79 Å². The summed E-state index contributed by atoms with van der Waals surface area (Å²) < 4.78 is 13.1. The average Bonchev–Trinajstić information content (AvgIpc) is 3.23. The summed E-state index contributed by atoms with van der Waals surface area (Å²) >= 11 is 6.26. The molecule has 170 valence electrons. The van der Waals surface area contributed by atoms with Crippen molar-refractivity contribution < 1.29 is 14.3 Å². The number of rotatable bonds is 8. The van der Waals surface area contributed by atoms with Gasteiger partial charge in [0.2, 0.25) is 12.0 Å². The minimum Gasteiger partial charge on any atom is -0.461 e. The fourth-order valence-electron chi connectivity index (χ4n) is 2.85. The van der Waals surface area contributed by atoms with Crippen molar-refractivity contribution >= 4 is 34.4 Å². The van der Waals surface area contributed by atoms with Crippen LogP contribution in [0.5, 0.6) is 5.88 Å². The molecule has 1 N–H and O–H groups in total. The Bertz CT molecular complexity index is 1260. The number of halogens is 1. The van der Waals surface area contributed by atoms with Gasteiger partial charge in [-0.05, 0) is 45.0 Å². The van der Waals surface area contributed by atoms with Crippen LogP contribution >= 0.6 is 11.6 Å². The van der Waals surface area contributed by atoms with E-state index in [1.165, 1.54) is 17.2 Å². The summed E-state index contributed by atoms with van der Waals surface area (Å²) in [5.41, 5.74) is 1.16. The minimum atomic E-state index is -1.02. The third-order valence-corrected chi connectivity index (χ3v) is 4.74. The zero-order chi connectivity index (χ0) is 23.4. The lowest BCUT2D eigenvalue weighted by Gasteiger charge is -2.19. The fourth-order valence-corrected chi connectivity index (χ4v) is 3.06. The van der Waals surface area contributed by atoms with Crippen LogP contribution < -0.4 is 10.1 Å². The predicted octanol–water partition coefficient (Wildman–Crippen LogP) is 2.77. The maximum absolute atomic E-state index is 12.9. The Morgan fingerprint density at radius 2 is 2.03 bits per heavy atom. The van der Waals surface area contributed by atoms with Crippen LogP contribution in [-0.2, 0) is 9.53 Å². The molecule has 33 heavy (non-hydrogen) atoms. The normalized spacial score (nSPS) is 12.2. The summed E-state index contributed by atoms with van der Waals surface area (Å²) in [6.07, 6.45) is 3.32. The Morgan fingerprint density at radius 3 is 2.76 bits per heavy atom. The van der Waals surface area contributed by atoms with Crippen molar-refractivity contribution in [2.75, 3.05) is 11.9 Å². The largest absolute Gasteiger partial charge is 0.461 e. The predicted molar refractivity (Wildman–Crippen MR) is 120 cm³/mol. The molecule has 0 aliphatic rings. The number of fused-ring (bicyclic) bond motifs is 1. The molecule has 0 radical (unpaired) electrons. The second-order valence-electron chi connectivity index (χ2n) is 7.32. The number of aryl methyl sites for hydroxylation is 1. The molecule has 0 aliphatic carbocycles. The van der Waals surface area contributed by atoms with E-state index in [2.05, 4.69) is 35.6 Å². The molecule has 0 spiro atoms. The monoisotopic (exact) mass is 468 g/mol. The first-order chi connectivity index (χ1) is 15.9. The van der Waals surface area contributed by atoms with Crippen molar-refractivity contribution in [3.8, 4) is 11.7 Å². The average molecular weight is 469 g/mol. The zero-order valence-corrected chi connectivity index (χ0v) is 18.9. The summed E-state index contributed by atoms with van der Waals surface area (Å²) in [5.74, 6) is 0.421. The first kappa shape index (κ1) is 22.5. The van der Waals surface area contributed by atoms with Crippen LogP contribution in [0.3, 0.4) is 0 Å². The number of carbonyl (C=O) groups excluding carboxylic acids is 1. The molecular weight excluding hydrogens is 448 g/mol. The Hall–Kier alpha value is -3.70. The number of anilines is 1. The molecule has 0 fully saturated rings. The van der Waals surface area contributed by atoms with Gasteiger partial charge in [0, 0.05) is 6.20 Å². The molecule has 11 nitrogen and oxygen atoms in total. The van der Waals surface area contributed by atoms with Gasteiger partial charge in [-0.25, -0.2) is 15.0 Å². The van der Waals surface area contributed by atoms with E-state index in [4.69, 9.17) is 21.1 Å². The second-order valence-corrected chi connectivity index (χ2v) is 7.73. The van der Waals surface area contributed by atoms with E-state index in [1.54, 1.807) is 37.4 Å². The number of nitrogens with zero attached hydrogens (tertiary/aromatic N) is 7. The summed E-state index contributed by atoms with van der Waals surface area (Å²) in [6, 6.07) is 6.82. The van der Waals surface area contributed by atoms with Crippen molar-refractivity contribution in [2.45, 2.75) is 33.0 Å². The molecule has 4 rings (SSSR count). The van der Waals surface area contributed by atoms with Gasteiger partial charge in [-0.3, -0.25) is 4.79 Å². The number of hydrogen-bond donors (Lipinski definition) is 1. The highest BCUT2D eigenvalue weighted by Gasteiger charge is 2.25. The molecule has 0 saturated carbocycles. The topological polar surface area (TPSA) is 130 Å². The highest BCUT2D eigenvalue weighted by atomic mass is 35.5. The number of hydrogen-bond acceptors (Lipinski definition) is 9. The third-order valence-electron chi connectivity index (χ3n) is 4.45. The number of aromatic nitrogens is 7. The van der Waals surface area contributed by atoms with Crippen LogP contribution in [0.1, 0.15) is 19.5 Å². The van der Waals surface area contributed by atoms with Gasteiger partial charge in [-0.2, -0.15) is 14.9 Å². The van der Waals surface area contributed by atoms with Crippen LogP contribution in [0, 0.1) is 6.92 Å². The fraction of sp³-hybridized carbons (Fsp3) is 0.286. The number of carbonyl (C=O) groups is 1. The second kappa shape index (κ2) is 9.84. The van der Waals surface area contributed by atoms with E-state index in [1.807, 2.05) is 13.8 Å². The zero-order valence-electron chi connectivity index (χ0n) is 18.1. The smallest absolute Gasteiger partial charge is 0.269 e. The van der Waals surface area contributed by atoms with Crippen molar-refractivity contribution in [1.82, 2.24) is 34.9 Å². The molecule has 12 heteroatoms. The maximum atomic E-state index is 12.9. The van der Waals surface area contributed by atoms with Crippen molar-refractivity contribution in [1.29, 1.82) is 0 Å². The van der Waals surface area contributed by atoms with Crippen LogP contribution in [0.15, 0.2) is 43.0 Å². The van der Waals surface area contributed by atoms with E-state index >= 15 is 0 Å². The summed E-state index contributed by atoms with van der Waals surface area (Å²) in [4.78, 5) is 25.7. The number of amides is 1. The minimum absolute atomic E-state index is 0.00546. The van der Waals surface area contributed by atoms with Gasteiger partial charge in [0.05, 0.1) is 29.6 Å². The highest BCUT2D eigenvalue weighted by Crippen LogP contribution is 2.26. The lowest BCUT2D eigenvalue weighted by atomic mass is 10.3. The van der Waals surface area contributed by atoms with Gasteiger partial charge in [0.25, 0.3) is 5.91 Å². The third kappa shape index (κ3) is 5.21. The number of ether oxygens (including phenoxy) is 2. The Balaban J connectivity index is 1.62. The highest BCUT2D eigenvalue weighted by molar-refractivity contribution is 6.32. The van der Waals surface area contributed by atoms with Crippen molar-refractivity contribution in [3.63, 3.8) is 0 Å². The molecule has 4 heterocycles. The standard InChI is InChI=1S/C21H21ClN8O3/c1-12(2)32-10-16(20(31)27-17-7-6-13(3)28-29-17)33-21-14-9-26-30(18(14)24-11-25-21)19-15(22)5-4-8-23-19/h4-9,11-12,16H,10H2,1-3H3,(H,27,29,31). The summed E-state index contributed by atoms with van der Waals surface area (Å²) in [5, 5.41) is 15.8. The van der Waals surface area contributed by atoms with Gasteiger partial charge in [-0.1, -0.05) is 11.6 Å². The molecule has 0 aromatic carbocycles. The molecule has 1 atom stereocenters. The molecular formula is C21H21ClN8O3. The molecule has 4 aromatic heterocycles. The Morgan fingerprint density at radius 1 is 1.18 bits per heavy atom. The first-order valence-corrected chi connectivity index (χ1v) is 10.5. The van der Waals surface area contributed by atoms with Crippen LogP contribution in [0.25, 0.3) is 16.9 Å². The molecule has 0 bridgehead atoms. The van der Waals surface area contributed by atoms with E-state index in [0.717, 1.165) is 5.69 Å². The number of pyridine rings is 1. The lowest BCUT2D eigenvalue weighted by molar-refractivity contribution is -0.126. The molecule has 4 aromatic rings. The van der Waals surface area contributed by atoms with E-state index in [-0.39, 0.29) is 18.6 Å². The van der Waals surface area contributed by atoms with Gasteiger partial charge in [-0.15, -0.1) is 5.10 Å². The Kier molecular flexibility index (Phi) is 6.71. The summed E-state index contributed by atoms with van der Waals surface area (Å²) in [6.45, 7) is 5.53. The van der Waals surface area contributed by atoms with Crippen molar-refractivity contribution in [3.05, 3.63) is 53.7 Å². The SMILES string of the molecule is Cc1ccc(NC(=O)C(COC(C)C)Oc2ncnc3c2cnn3-c2ncccc2Cl)nn1. The van der Waals surface area contributed by atoms with Crippen LogP contribution in [0.2, 0.25) is 5.02 Å². The molecule has 1 unspecified atom stereocenters. The number of nitrogens with one attached hydrogen (secondary N) is 1. The molecule has 0 aliphatic heterocycles. The maximum Gasteiger partial charge on any atom is 0.269 e.